The van der Waals surface area contributed by atoms with Gasteiger partial charge in [0, 0.05) is 12.3 Å². The predicted octanol–water partition coefficient (Wildman–Crippen LogP) is 4.99. The first-order valence-electron chi connectivity index (χ1n) is 9.25. The van der Waals surface area contributed by atoms with Crippen LogP contribution in [0.4, 0.5) is 13.6 Å². The lowest BCUT2D eigenvalue weighted by atomic mass is 9.48. The van der Waals surface area contributed by atoms with Crippen LogP contribution in [0.25, 0.3) is 0 Å². The second-order valence-electron chi connectivity index (χ2n) is 9.76. The van der Waals surface area contributed by atoms with Crippen molar-refractivity contribution in [2.45, 2.75) is 76.6 Å². The van der Waals surface area contributed by atoms with Gasteiger partial charge in [0.25, 0.3) is 5.92 Å². The van der Waals surface area contributed by atoms with Crippen LogP contribution in [0.15, 0.2) is 0 Å². The summed E-state index contributed by atoms with van der Waals surface area (Å²) in [7, 11) is -1.67. The van der Waals surface area contributed by atoms with E-state index in [0.717, 1.165) is 39.0 Å². The van der Waals surface area contributed by atoms with Crippen LogP contribution in [0, 0.1) is 17.3 Å². The molecule has 0 heterocycles. The number of rotatable bonds is 6. The molecule has 0 N–H and O–H groups in total. The van der Waals surface area contributed by atoms with E-state index >= 15 is 0 Å². The lowest BCUT2D eigenvalue weighted by Gasteiger charge is -2.62. The number of ether oxygens (including phenoxy) is 2. The fraction of sp³-hybridized carbons (Fsp3) is 0.944. The molecule has 0 aromatic carbocycles. The molecule has 7 heteroatoms. The first-order chi connectivity index (χ1) is 11.4. The Labute approximate surface area is 149 Å². The van der Waals surface area contributed by atoms with Gasteiger partial charge in [-0.25, -0.2) is 13.6 Å². The van der Waals surface area contributed by atoms with Crippen LogP contribution in [0.2, 0.25) is 19.6 Å². The molecule has 25 heavy (non-hydrogen) atoms. The normalized spacial score (nSPS) is 37.2. The summed E-state index contributed by atoms with van der Waals surface area (Å²) < 4.78 is 42.0. The van der Waals surface area contributed by atoms with Crippen molar-refractivity contribution in [2.75, 3.05) is 13.2 Å². The smallest absolute Gasteiger partial charge is 0.434 e. The number of carbonyl (C=O) groups excluding carboxylic acids is 1. The molecule has 4 aliphatic rings. The molecule has 4 rings (SSSR count). The van der Waals surface area contributed by atoms with E-state index < -0.39 is 27.0 Å². The van der Waals surface area contributed by atoms with Crippen LogP contribution in [0.5, 0.6) is 0 Å². The fourth-order valence-corrected chi connectivity index (χ4v) is 7.28. The summed E-state index contributed by atoms with van der Waals surface area (Å²) in [5, 5.41) is 0. The Morgan fingerprint density at radius 2 is 1.72 bits per heavy atom. The first kappa shape index (κ1) is 19.1. The van der Waals surface area contributed by atoms with E-state index in [1.165, 1.54) is 6.42 Å². The summed E-state index contributed by atoms with van der Waals surface area (Å²) >= 11 is 0. The van der Waals surface area contributed by atoms with Crippen molar-refractivity contribution >= 4 is 14.5 Å². The van der Waals surface area contributed by atoms with Crippen LogP contribution in [-0.2, 0) is 13.9 Å². The summed E-state index contributed by atoms with van der Waals surface area (Å²) in [6, 6.07) is 0. The molecule has 4 bridgehead atoms. The van der Waals surface area contributed by atoms with Crippen molar-refractivity contribution in [3.05, 3.63) is 0 Å². The van der Waals surface area contributed by atoms with Gasteiger partial charge in [0.1, 0.15) is 6.61 Å². The van der Waals surface area contributed by atoms with E-state index in [-0.39, 0.29) is 17.6 Å². The lowest BCUT2D eigenvalue weighted by Crippen LogP contribution is -2.60. The molecule has 4 aliphatic carbocycles. The molecule has 2 unspecified atom stereocenters. The van der Waals surface area contributed by atoms with Crippen LogP contribution in [0.3, 0.4) is 0 Å². The lowest BCUT2D eigenvalue weighted by molar-refractivity contribution is -0.169. The standard InChI is InChI=1S/C18H30F2O4Si/c1-16(19,20)11-22-15(21)23-12-17-6-13-5-14(7-17)9-18(8-13,10-17)24-25(2,3)4/h13-14H,5-12H2,1-4H3. The van der Waals surface area contributed by atoms with Crippen LogP contribution in [-0.4, -0.2) is 39.2 Å². The van der Waals surface area contributed by atoms with Crippen LogP contribution in [0.1, 0.15) is 45.4 Å². The van der Waals surface area contributed by atoms with Crippen molar-refractivity contribution in [3.63, 3.8) is 0 Å². The van der Waals surface area contributed by atoms with Crippen molar-refractivity contribution in [1.29, 1.82) is 0 Å². The summed E-state index contributed by atoms with van der Waals surface area (Å²) in [6.07, 6.45) is 5.47. The van der Waals surface area contributed by atoms with Gasteiger partial charge in [0.15, 0.2) is 14.9 Å². The minimum atomic E-state index is -3.03. The summed E-state index contributed by atoms with van der Waals surface area (Å²) in [5.74, 6) is -1.79. The van der Waals surface area contributed by atoms with Gasteiger partial charge < -0.3 is 13.9 Å². The Balaban J connectivity index is 1.62. The average molecular weight is 377 g/mol. The molecule has 4 nitrogen and oxygen atoms in total. The van der Waals surface area contributed by atoms with E-state index in [1.54, 1.807) is 0 Å². The Kier molecular flexibility index (Phi) is 4.72. The molecule has 2 atom stereocenters. The molecule has 0 spiro atoms. The number of hydrogen-bond acceptors (Lipinski definition) is 4. The zero-order valence-corrected chi connectivity index (χ0v) is 16.7. The Morgan fingerprint density at radius 3 is 2.24 bits per heavy atom. The van der Waals surface area contributed by atoms with E-state index in [2.05, 4.69) is 24.4 Å². The third kappa shape index (κ3) is 4.73. The number of hydrogen-bond donors (Lipinski definition) is 0. The molecule has 144 valence electrons. The highest BCUT2D eigenvalue weighted by molar-refractivity contribution is 6.69. The van der Waals surface area contributed by atoms with Crippen molar-refractivity contribution in [3.8, 4) is 0 Å². The maximum atomic E-state index is 12.8. The van der Waals surface area contributed by atoms with Gasteiger partial charge in [-0.05, 0) is 70.0 Å². The zero-order valence-electron chi connectivity index (χ0n) is 15.7. The number of halogens is 2. The molecule has 0 aromatic rings. The maximum absolute atomic E-state index is 12.8. The third-order valence-corrected chi connectivity index (χ3v) is 6.64. The highest BCUT2D eigenvalue weighted by atomic mass is 28.4. The monoisotopic (exact) mass is 376 g/mol. The van der Waals surface area contributed by atoms with Crippen LogP contribution < -0.4 is 0 Å². The van der Waals surface area contributed by atoms with Crippen molar-refractivity contribution in [2.24, 2.45) is 17.3 Å². The topological polar surface area (TPSA) is 44.8 Å². The van der Waals surface area contributed by atoms with Gasteiger partial charge >= 0.3 is 6.16 Å². The van der Waals surface area contributed by atoms with Crippen molar-refractivity contribution in [1.82, 2.24) is 0 Å². The van der Waals surface area contributed by atoms with Crippen molar-refractivity contribution < 1.29 is 27.5 Å². The Morgan fingerprint density at radius 1 is 1.12 bits per heavy atom. The molecule has 0 aromatic heterocycles. The van der Waals surface area contributed by atoms with Gasteiger partial charge in [0.05, 0.1) is 5.60 Å². The van der Waals surface area contributed by atoms with E-state index in [1.807, 2.05) is 0 Å². The molecule has 4 saturated carbocycles. The predicted molar refractivity (Wildman–Crippen MR) is 92.2 cm³/mol. The second-order valence-corrected chi connectivity index (χ2v) is 14.2. The Bertz CT molecular complexity index is 512. The van der Waals surface area contributed by atoms with Gasteiger partial charge in [-0.3, -0.25) is 0 Å². The number of alkyl halides is 2. The molecule has 0 amide bonds. The maximum Gasteiger partial charge on any atom is 0.508 e. The van der Waals surface area contributed by atoms with Gasteiger partial charge in [0.2, 0.25) is 0 Å². The SMILES string of the molecule is CC(F)(F)COC(=O)OCC12CC3CC(C1)CC(O[Si](C)(C)C)(C3)C2. The zero-order chi connectivity index (χ0) is 18.5. The quantitative estimate of drug-likeness (QED) is 0.484. The van der Waals surface area contributed by atoms with E-state index in [0.29, 0.717) is 11.8 Å². The molecule has 0 radical (unpaired) electrons. The van der Waals surface area contributed by atoms with Crippen LogP contribution >= 0.6 is 0 Å². The minimum absolute atomic E-state index is 0.0712. The fourth-order valence-electron chi connectivity index (χ4n) is 5.74. The largest absolute Gasteiger partial charge is 0.508 e. The third-order valence-electron chi connectivity index (χ3n) is 5.59. The molecular weight excluding hydrogens is 346 g/mol. The van der Waals surface area contributed by atoms with E-state index in [9.17, 15) is 13.6 Å². The van der Waals surface area contributed by atoms with Gasteiger partial charge in [-0.2, -0.15) is 0 Å². The van der Waals surface area contributed by atoms with E-state index in [4.69, 9.17) is 9.16 Å². The molecule has 0 saturated heterocycles. The minimum Gasteiger partial charge on any atom is -0.434 e. The summed E-state index contributed by atoms with van der Waals surface area (Å²) in [4.78, 5) is 11.7. The molecular formula is C18H30F2O4Si. The van der Waals surface area contributed by atoms with Gasteiger partial charge in [-0.1, -0.05) is 0 Å². The average Bonchev–Trinajstić information content (AvgIpc) is 2.38. The number of carbonyl (C=O) groups is 1. The summed E-state index contributed by atoms with van der Waals surface area (Å²) in [5.41, 5.74) is -0.143. The van der Waals surface area contributed by atoms with Gasteiger partial charge in [-0.15, -0.1) is 0 Å². The Hall–Kier alpha value is -0.693. The second kappa shape index (κ2) is 6.18. The molecule has 4 fully saturated rings. The summed E-state index contributed by atoms with van der Waals surface area (Å²) in [6.45, 7) is 6.69. The highest BCUT2D eigenvalue weighted by Crippen LogP contribution is 2.63. The first-order valence-corrected chi connectivity index (χ1v) is 12.7. The molecule has 0 aliphatic heterocycles. The highest BCUT2D eigenvalue weighted by Gasteiger charge is 2.59.